The minimum Gasteiger partial charge on any atom is -0.478 e. The Bertz CT molecular complexity index is 1450. The number of anilines is 1. The van der Waals surface area contributed by atoms with Crippen molar-refractivity contribution in [3.63, 3.8) is 0 Å². The molecule has 0 amide bonds. The molecule has 1 saturated carbocycles. The molecule has 0 radical (unpaired) electrons. The molecule has 1 aromatic heterocycles. The third-order valence-electron chi connectivity index (χ3n) is 8.64. The summed E-state index contributed by atoms with van der Waals surface area (Å²) in [5, 5.41) is 23.8. The maximum atomic E-state index is 11.5. The van der Waals surface area contributed by atoms with Gasteiger partial charge in [0.2, 0.25) is 11.8 Å². The van der Waals surface area contributed by atoms with Crippen LogP contribution in [0.1, 0.15) is 93.8 Å². The number of nitrogens with one attached hydrogen (secondary N) is 2. The summed E-state index contributed by atoms with van der Waals surface area (Å²) in [6, 6.07) is 13.5. The number of nitrogens with zero attached hydrogens (tertiary/aromatic N) is 2. The van der Waals surface area contributed by atoms with Gasteiger partial charge in [-0.2, -0.15) is 4.98 Å². The van der Waals surface area contributed by atoms with E-state index in [0.717, 1.165) is 64.9 Å². The Morgan fingerprint density at radius 3 is 2.24 bits per heavy atom. The Hall–Kier alpha value is -3.14. The van der Waals surface area contributed by atoms with E-state index in [1.165, 1.54) is 11.9 Å². The molecule has 4 N–H and O–H groups in total. The third-order valence-corrected chi connectivity index (χ3v) is 9.41. The fraction of sp³-hybridized carbons (Fsp3) is 0.528. The molecule has 0 spiro atoms. The van der Waals surface area contributed by atoms with Gasteiger partial charge in [0.05, 0.1) is 16.9 Å². The number of benzene rings is 2. The van der Waals surface area contributed by atoms with Crippen LogP contribution in [0.5, 0.6) is 5.88 Å². The molecule has 0 saturated heterocycles. The lowest BCUT2D eigenvalue weighted by Gasteiger charge is -2.38. The largest absolute Gasteiger partial charge is 0.478 e. The molecule has 0 aliphatic heterocycles. The van der Waals surface area contributed by atoms with E-state index in [9.17, 15) is 15.0 Å². The molecule has 244 valence electrons. The molecule has 9 heteroatoms. The van der Waals surface area contributed by atoms with Crippen LogP contribution < -0.4 is 14.8 Å². The first-order valence-corrected chi connectivity index (χ1v) is 16.7. The van der Waals surface area contributed by atoms with Gasteiger partial charge in [0, 0.05) is 28.1 Å². The molecule has 1 aliphatic rings. The molecule has 1 atom stereocenters. The number of hydrogen-bond donors (Lipinski definition) is 4. The van der Waals surface area contributed by atoms with Crippen LogP contribution in [-0.4, -0.2) is 50.4 Å². The minimum atomic E-state index is -0.972. The van der Waals surface area contributed by atoms with Crippen LogP contribution in [0.4, 0.5) is 5.95 Å². The lowest BCUT2D eigenvalue weighted by Crippen LogP contribution is -2.46. The SMILES string of the molecule is Cc1cccc(C)c1-c1nc(NSc2cccc(C(=O)O)c2)nc(OC[C@@H](CC(C)(C)C)NC2CCC(C(C)(C)O)CC2)c1C. The summed E-state index contributed by atoms with van der Waals surface area (Å²) in [6.45, 7) is 17.2. The average molecular weight is 635 g/mol. The van der Waals surface area contributed by atoms with Crippen molar-refractivity contribution in [2.75, 3.05) is 11.3 Å². The number of rotatable bonds is 12. The number of ether oxygens (including phenoxy) is 1. The van der Waals surface area contributed by atoms with Crippen LogP contribution in [-0.2, 0) is 0 Å². The smallest absolute Gasteiger partial charge is 0.335 e. The van der Waals surface area contributed by atoms with Crippen molar-refractivity contribution in [3.05, 3.63) is 64.7 Å². The van der Waals surface area contributed by atoms with Gasteiger partial charge in [0.15, 0.2) is 0 Å². The number of carbonyl (C=O) groups is 1. The molecule has 0 bridgehead atoms. The van der Waals surface area contributed by atoms with Crippen LogP contribution in [0, 0.1) is 32.1 Å². The van der Waals surface area contributed by atoms with Gasteiger partial charge in [-0.15, -0.1) is 0 Å². The van der Waals surface area contributed by atoms with E-state index in [1.807, 2.05) is 32.9 Å². The van der Waals surface area contributed by atoms with Gasteiger partial charge in [0.1, 0.15) is 6.61 Å². The van der Waals surface area contributed by atoms with Crippen molar-refractivity contribution in [2.24, 2.45) is 11.3 Å². The van der Waals surface area contributed by atoms with Crippen LogP contribution >= 0.6 is 11.9 Å². The molecule has 3 aromatic rings. The third kappa shape index (κ3) is 9.67. The van der Waals surface area contributed by atoms with E-state index in [-0.39, 0.29) is 17.0 Å². The quantitative estimate of drug-likeness (QED) is 0.147. The second-order valence-electron chi connectivity index (χ2n) is 14.3. The molecular weight excluding hydrogens is 584 g/mol. The molecular formula is C36H50N4O4S. The Labute approximate surface area is 272 Å². The molecule has 1 fully saturated rings. The highest BCUT2D eigenvalue weighted by molar-refractivity contribution is 8.00. The summed E-state index contributed by atoms with van der Waals surface area (Å²) in [5.74, 6) is 0.275. The van der Waals surface area contributed by atoms with Crippen molar-refractivity contribution < 1.29 is 19.7 Å². The first-order valence-electron chi connectivity index (χ1n) is 15.9. The molecule has 45 heavy (non-hydrogen) atoms. The number of aryl methyl sites for hydroxylation is 2. The normalized spacial score (nSPS) is 18.0. The van der Waals surface area contributed by atoms with Gasteiger partial charge in [-0.1, -0.05) is 45.0 Å². The van der Waals surface area contributed by atoms with E-state index in [2.05, 4.69) is 56.8 Å². The number of aromatic nitrogens is 2. The minimum absolute atomic E-state index is 0.100. The molecule has 0 unspecified atom stereocenters. The Morgan fingerprint density at radius 1 is 1.00 bits per heavy atom. The second-order valence-corrected chi connectivity index (χ2v) is 15.2. The lowest BCUT2D eigenvalue weighted by molar-refractivity contribution is -0.00397. The van der Waals surface area contributed by atoms with E-state index in [1.54, 1.807) is 18.2 Å². The van der Waals surface area contributed by atoms with Crippen molar-refractivity contribution >= 4 is 23.9 Å². The highest BCUT2D eigenvalue weighted by Crippen LogP contribution is 2.35. The summed E-state index contributed by atoms with van der Waals surface area (Å²) >= 11 is 1.27. The zero-order valence-electron chi connectivity index (χ0n) is 28.0. The van der Waals surface area contributed by atoms with Crippen molar-refractivity contribution in [2.45, 2.75) is 110 Å². The van der Waals surface area contributed by atoms with Crippen LogP contribution in [0.3, 0.4) is 0 Å². The zero-order valence-corrected chi connectivity index (χ0v) is 28.8. The number of carboxylic acid groups (broad SMARTS) is 1. The fourth-order valence-corrected chi connectivity index (χ4v) is 6.93. The fourth-order valence-electron chi connectivity index (χ4n) is 6.30. The second kappa shape index (κ2) is 14.5. The first kappa shape index (κ1) is 34.7. The average Bonchev–Trinajstić information content (AvgIpc) is 2.95. The van der Waals surface area contributed by atoms with Crippen LogP contribution in [0.15, 0.2) is 47.4 Å². The molecule has 8 nitrogen and oxygen atoms in total. The summed E-state index contributed by atoms with van der Waals surface area (Å²) in [4.78, 5) is 22.0. The highest BCUT2D eigenvalue weighted by atomic mass is 32.2. The van der Waals surface area contributed by atoms with E-state index >= 15 is 0 Å². The zero-order chi connectivity index (χ0) is 32.9. The van der Waals surface area contributed by atoms with Gasteiger partial charge in [-0.25, -0.2) is 9.78 Å². The molecule has 1 heterocycles. The standard InChI is InChI=1S/C36H50N4O4S/c1-22-11-9-12-23(2)30(22)31-24(3)32(39-34(38-31)40-45-29-14-10-13-25(19-29)33(41)42)44-21-28(20-35(4,5)6)37-27-17-15-26(16-18-27)36(7,8)43/h9-14,19,26-28,37,43H,15-18,20-21H2,1-8H3,(H,41,42)(H,38,39,40)/t26?,27?,28-/m1/s1. The van der Waals surface area contributed by atoms with Gasteiger partial charge in [-0.05, 0) is 119 Å². The summed E-state index contributed by atoms with van der Waals surface area (Å²) < 4.78 is 9.80. The summed E-state index contributed by atoms with van der Waals surface area (Å²) in [7, 11) is 0. The lowest BCUT2D eigenvalue weighted by atomic mass is 9.77. The Balaban J connectivity index is 1.59. The van der Waals surface area contributed by atoms with Gasteiger partial charge in [0.25, 0.3) is 0 Å². The van der Waals surface area contributed by atoms with Gasteiger partial charge in [-0.3, -0.25) is 4.72 Å². The van der Waals surface area contributed by atoms with E-state index in [0.29, 0.717) is 30.4 Å². The molecule has 4 rings (SSSR count). The first-order chi connectivity index (χ1) is 21.1. The monoisotopic (exact) mass is 634 g/mol. The summed E-state index contributed by atoms with van der Waals surface area (Å²) in [5.41, 5.74) is 4.64. The van der Waals surface area contributed by atoms with Crippen molar-refractivity contribution in [1.82, 2.24) is 15.3 Å². The molecule has 2 aromatic carbocycles. The summed E-state index contributed by atoms with van der Waals surface area (Å²) in [6.07, 6.45) is 5.03. The highest BCUT2D eigenvalue weighted by Gasteiger charge is 2.32. The van der Waals surface area contributed by atoms with Crippen molar-refractivity contribution in [3.8, 4) is 17.1 Å². The maximum Gasteiger partial charge on any atom is 0.335 e. The Kier molecular flexibility index (Phi) is 11.2. The van der Waals surface area contributed by atoms with Crippen LogP contribution in [0.25, 0.3) is 11.3 Å². The number of aromatic carboxylic acids is 1. The van der Waals surface area contributed by atoms with E-state index in [4.69, 9.17) is 14.7 Å². The Morgan fingerprint density at radius 2 is 1.64 bits per heavy atom. The van der Waals surface area contributed by atoms with E-state index < -0.39 is 11.6 Å². The van der Waals surface area contributed by atoms with Crippen LogP contribution in [0.2, 0.25) is 0 Å². The number of hydrogen-bond acceptors (Lipinski definition) is 8. The number of aliphatic hydroxyl groups is 1. The van der Waals surface area contributed by atoms with Gasteiger partial charge < -0.3 is 20.3 Å². The predicted molar refractivity (Wildman–Crippen MR) is 183 cm³/mol. The van der Waals surface area contributed by atoms with Gasteiger partial charge >= 0.3 is 5.97 Å². The molecule has 1 aliphatic carbocycles. The van der Waals surface area contributed by atoms with Crippen molar-refractivity contribution in [1.29, 1.82) is 0 Å². The maximum absolute atomic E-state index is 11.5. The predicted octanol–water partition coefficient (Wildman–Crippen LogP) is 7.99. The topological polar surface area (TPSA) is 117 Å². The number of carboxylic acids is 1.